The van der Waals surface area contributed by atoms with Crippen molar-refractivity contribution in [2.75, 3.05) is 0 Å². The Morgan fingerprint density at radius 3 is 2.63 bits per heavy atom. The van der Waals surface area contributed by atoms with Crippen LogP contribution >= 0.6 is 0 Å². The van der Waals surface area contributed by atoms with E-state index in [-0.39, 0.29) is 12.0 Å². The number of pyridine rings is 1. The van der Waals surface area contributed by atoms with Gasteiger partial charge in [0.2, 0.25) is 0 Å². The zero-order valence-corrected chi connectivity index (χ0v) is 15.4. The molecule has 4 rings (SSSR count). The molecular formula is C19H17F5N6. The number of aryl methyl sites for hydroxylation is 2. The van der Waals surface area contributed by atoms with Crippen LogP contribution in [-0.2, 0) is 13.0 Å². The number of hydrazine groups is 2. The second-order valence-electron chi connectivity index (χ2n) is 6.87. The van der Waals surface area contributed by atoms with Crippen molar-refractivity contribution in [1.29, 1.82) is 0 Å². The summed E-state index contributed by atoms with van der Waals surface area (Å²) in [5.41, 5.74) is 8.53. The minimum atomic E-state index is -4.45. The maximum atomic E-state index is 13.8. The minimum Gasteiger partial charge on any atom is -0.336 e. The highest BCUT2D eigenvalue weighted by Gasteiger charge is 2.48. The van der Waals surface area contributed by atoms with Crippen molar-refractivity contribution in [2.45, 2.75) is 31.2 Å². The Hall–Kier alpha value is -2.89. The van der Waals surface area contributed by atoms with Gasteiger partial charge in [-0.2, -0.15) is 18.7 Å². The van der Waals surface area contributed by atoms with Crippen LogP contribution in [0, 0.1) is 11.6 Å². The largest absolute Gasteiger partial charge is 0.407 e. The van der Waals surface area contributed by atoms with Gasteiger partial charge in [-0.3, -0.25) is 4.98 Å². The molecular weight excluding hydrogens is 407 g/mol. The lowest BCUT2D eigenvalue weighted by molar-refractivity contribution is -0.156. The number of halogens is 5. The molecule has 3 N–H and O–H groups in total. The molecule has 0 spiro atoms. The number of nitrogens with zero attached hydrogens (tertiary/aromatic N) is 3. The van der Waals surface area contributed by atoms with E-state index in [2.05, 4.69) is 26.4 Å². The molecule has 11 heteroatoms. The van der Waals surface area contributed by atoms with E-state index >= 15 is 0 Å². The quantitative estimate of drug-likeness (QED) is 0.550. The number of rotatable bonds is 5. The van der Waals surface area contributed by atoms with Gasteiger partial charge in [-0.1, -0.05) is 0 Å². The fourth-order valence-corrected chi connectivity index (χ4v) is 3.29. The van der Waals surface area contributed by atoms with Gasteiger partial charge in [-0.05, 0) is 47.9 Å². The number of hydrogen-bond acceptors (Lipinski definition) is 5. The van der Waals surface area contributed by atoms with Crippen LogP contribution in [0.25, 0.3) is 11.4 Å². The van der Waals surface area contributed by atoms with Crippen LogP contribution in [-0.4, -0.2) is 26.8 Å². The molecule has 30 heavy (non-hydrogen) atoms. The molecule has 0 amide bonds. The fourth-order valence-electron chi connectivity index (χ4n) is 3.29. The average Bonchev–Trinajstić information content (AvgIpc) is 3.38. The molecule has 3 aromatic rings. The summed E-state index contributed by atoms with van der Waals surface area (Å²) in [4.78, 5) is 8.42. The first-order valence-corrected chi connectivity index (χ1v) is 9.06. The van der Waals surface area contributed by atoms with Crippen LogP contribution in [0.5, 0.6) is 0 Å². The van der Waals surface area contributed by atoms with E-state index in [1.165, 1.54) is 24.7 Å². The van der Waals surface area contributed by atoms with E-state index in [4.69, 9.17) is 0 Å². The lowest BCUT2D eigenvalue weighted by Gasteiger charge is -2.21. The summed E-state index contributed by atoms with van der Waals surface area (Å²) in [6.45, 7) is 0.348. The predicted octanol–water partition coefficient (Wildman–Crippen LogP) is 3.05. The van der Waals surface area contributed by atoms with Crippen LogP contribution in [0.15, 0.2) is 49.1 Å². The van der Waals surface area contributed by atoms with E-state index in [1.807, 2.05) is 0 Å². The van der Waals surface area contributed by atoms with Crippen LogP contribution in [0.4, 0.5) is 22.0 Å². The van der Waals surface area contributed by atoms with Crippen LogP contribution in [0.1, 0.15) is 17.2 Å². The molecule has 2 aromatic heterocycles. The van der Waals surface area contributed by atoms with Crippen molar-refractivity contribution in [3.8, 4) is 11.4 Å². The van der Waals surface area contributed by atoms with Crippen molar-refractivity contribution in [3.63, 3.8) is 0 Å². The number of imidazole rings is 1. The minimum absolute atomic E-state index is 0.246. The summed E-state index contributed by atoms with van der Waals surface area (Å²) in [6, 6.07) is 3.47. The highest BCUT2D eigenvalue weighted by atomic mass is 19.4. The summed E-state index contributed by atoms with van der Waals surface area (Å²) >= 11 is 0. The van der Waals surface area contributed by atoms with Gasteiger partial charge in [-0.25, -0.2) is 24.6 Å². The van der Waals surface area contributed by atoms with Crippen molar-refractivity contribution in [2.24, 2.45) is 0 Å². The first-order chi connectivity index (χ1) is 14.3. The number of hydrogen-bond donors (Lipinski definition) is 3. The second-order valence-corrected chi connectivity index (χ2v) is 6.87. The highest BCUT2D eigenvalue weighted by Crippen LogP contribution is 2.32. The van der Waals surface area contributed by atoms with Crippen molar-refractivity contribution >= 4 is 0 Å². The smallest absolute Gasteiger partial charge is 0.336 e. The van der Waals surface area contributed by atoms with Gasteiger partial charge in [0.05, 0.1) is 18.1 Å². The van der Waals surface area contributed by atoms with Crippen LogP contribution in [0.2, 0.25) is 0 Å². The molecule has 158 valence electrons. The van der Waals surface area contributed by atoms with E-state index < -0.39 is 29.9 Å². The van der Waals surface area contributed by atoms with Crippen molar-refractivity contribution in [1.82, 2.24) is 30.9 Å². The van der Waals surface area contributed by atoms with Gasteiger partial charge in [0.25, 0.3) is 0 Å². The van der Waals surface area contributed by atoms with Gasteiger partial charge in [0.15, 0.2) is 0 Å². The van der Waals surface area contributed by atoms with E-state index in [9.17, 15) is 22.0 Å². The van der Waals surface area contributed by atoms with E-state index in [0.717, 1.165) is 18.2 Å². The highest BCUT2D eigenvalue weighted by molar-refractivity contribution is 5.54. The Kier molecular flexibility index (Phi) is 5.50. The third-order valence-corrected chi connectivity index (χ3v) is 4.83. The first-order valence-electron chi connectivity index (χ1n) is 9.06. The molecule has 6 nitrogen and oxygen atoms in total. The third-order valence-electron chi connectivity index (χ3n) is 4.83. The van der Waals surface area contributed by atoms with Gasteiger partial charge < -0.3 is 4.57 Å². The molecule has 1 aliphatic rings. The molecule has 0 radical (unpaired) electrons. The summed E-state index contributed by atoms with van der Waals surface area (Å²) in [6.07, 6.45) is 0.389. The standard InChI is InChI=1S/C19H17F5N6/c20-13-1-2-14(21)11(7-13)4-6-30-9-16(26-10-30)15-8-12(3-5-25-15)17-18(19(22,23)24)28-29-27-17/h1-3,5,7-10,17-18,27-29H,4,6H2. The SMILES string of the molecule is Fc1ccc(F)c(CCn2cnc(-c3cc(C4NNNC4C(F)(F)F)ccn3)c2)c1. The molecule has 1 fully saturated rings. The van der Waals surface area contributed by atoms with E-state index in [1.54, 1.807) is 10.8 Å². The summed E-state index contributed by atoms with van der Waals surface area (Å²) < 4.78 is 68.3. The normalized spacial score (nSPS) is 19.4. The first kappa shape index (κ1) is 20.4. The van der Waals surface area contributed by atoms with Crippen LogP contribution < -0.4 is 16.4 Å². The van der Waals surface area contributed by atoms with Gasteiger partial charge >= 0.3 is 6.18 Å². The molecule has 2 unspecified atom stereocenters. The molecule has 2 atom stereocenters. The second kappa shape index (κ2) is 8.09. The number of nitrogens with one attached hydrogen (secondary N) is 3. The average molecular weight is 424 g/mol. The summed E-state index contributed by atoms with van der Waals surface area (Å²) in [5.74, 6) is -1.00. The summed E-state index contributed by atoms with van der Waals surface area (Å²) in [5, 5.41) is 0. The number of aromatic nitrogens is 3. The molecule has 0 saturated carbocycles. The van der Waals surface area contributed by atoms with Crippen molar-refractivity contribution < 1.29 is 22.0 Å². The Morgan fingerprint density at radius 1 is 1.00 bits per heavy atom. The Morgan fingerprint density at radius 2 is 1.83 bits per heavy atom. The van der Waals surface area contributed by atoms with E-state index in [0.29, 0.717) is 23.5 Å². The Bertz CT molecular complexity index is 1030. The van der Waals surface area contributed by atoms with Gasteiger partial charge in [-0.15, -0.1) is 0 Å². The fraction of sp³-hybridized carbons (Fsp3) is 0.263. The maximum absolute atomic E-state index is 13.8. The third kappa shape index (κ3) is 4.32. The monoisotopic (exact) mass is 424 g/mol. The van der Waals surface area contributed by atoms with Gasteiger partial charge in [0, 0.05) is 18.9 Å². The maximum Gasteiger partial charge on any atom is 0.407 e. The summed E-state index contributed by atoms with van der Waals surface area (Å²) in [7, 11) is 0. The molecule has 1 aromatic carbocycles. The predicted molar refractivity (Wildman–Crippen MR) is 97.5 cm³/mol. The number of benzene rings is 1. The molecule has 1 saturated heterocycles. The lowest BCUT2D eigenvalue weighted by Crippen LogP contribution is -2.43. The van der Waals surface area contributed by atoms with Crippen LogP contribution in [0.3, 0.4) is 0 Å². The molecule has 1 aliphatic heterocycles. The van der Waals surface area contributed by atoms with Crippen molar-refractivity contribution in [3.05, 3.63) is 71.8 Å². The molecule has 3 heterocycles. The Labute approximate surface area is 168 Å². The zero-order valence-electron chi connectivity index (χ0n) is 15.4. The number of alkyl halides is 3. The molecule has 0 bridgehead atoms. The lowest BCUT2D eigenvalue weighted by atomic mass is 10.0. The topological polar surface area (TPSA) is 66.8 Å². The van der Waals surface area contributed by atoms with Gasteiger partial charge in [0.1, 0.15) is 23.4 Å². The zero-order chi connectivity index (χ0) is 21.3. The molecule has 0 aliphatic carbocycles. The Balaban J connectivity index is 1.50.